The zero-order valence-electron chi connectivity index (χ0n) is 11.5. The van der Waals surface area contributed by atoms with Crippen molar-refractivity contribution in [2.75, 3.05) is 20.8 Å². The van der Waals surface area contributed by atoms with Gasteiger partial charge in [0, 0.05) is 14.2 Å². The maximum Gasteiger partial charge on any atom is 0.175 e. The van der Waals surface area contributed by atoms with Crippen LogP contribution in [0.25, 0.3) is 0 Å². The quantitative estimate of drug-likeness (QED) is 0.549. The van der Waals surface area contributed by atoms with Crippen LogP contribution in [0.4, 0.5) is 0 Å². The average Bonchev–Trinajstić information content (AvgIpc) is 2.63. The van der Waals surface area contributed by atoms with Gasteiger partial charge in [0.1, 0.15) is 0 Å². The molecule has 0 bridgehead atoms. The van der Waals surface area contributed by atoms with E-state index in [1.807, 2.05) is 0 Å². The standard InChI is InChI=1S/C14H27NO2/c1-4-11-15-13(14(16-2)17-3)12-9-7-5-6-8-10-12/h9,13-15H,4-8,10-11H2,1-3H3. The molecule has 3 heteroatoms. The van der Waals surface area contributed by atoms with Crippen molar-refractivity contribution in [3.8, 4) is 0 Å². The molecule has 3 nitrogen and oxygen atoms in total. The van der Waals surface area contributed by atoms with Gasteiger partial charge in [-0.25, -0.2) is 0 Å². The fourth-order valence-electron chi connectivity index (χ4n) is 2.39. The van der Waals surface area contributed by atoms with Crippen molar-refractivity contribution in [1.29, 1.82) is 0 Å². The van der Waals surface area contributed by atoms with E-state index < -0.39 is 0 Å². The van der Waals surface area contributed by atoms with Gasteiger partial charge in [-0.1, -0.05) is 25.0 Å². The lowest BCUT2D eigenvalue weighted by Gasteiger charge is -2.28. The van der Waals surface area contributed by atoms with E-state index in [0.717, 1.165) is 13.0 Å². The predicted molar refractivity (Wildman–Crippen MR) is 71.1 cm³/mol. The molecule has 0 radical (unpaired) electrons. The van der Waals surface area contributed by atoms with Crippen LogP contribution in [0.3, 0.4) is 0 Å². The minimum atomic E-state index is -0.175. The topological polar surface area (TPSA) is 30.5 Å². The Balaban J connectivity index is 2.68. The Hall–Kier alpha value is -0.380. The van der Waals surface area contributed by atoms with Gasteiger partial charge in [0.2, 0.25) is 0 Å². The summed E-state index contributed by atoms with van der Waals surface area (Å²) in [5.41, 5.74) is 1.46. The van der Waals surface area contributed by atoms with Gasteiger partial charge in [0.15, 0.2) is 6.29 Å². The third kappa shape index (κ3) is 4.78. The van der Waals surface area contributed by atoms with Crippen molar-refractivity contribution in [2.45, 2.75) is 57.8 Å². The van der Waals surface area contributed by atoms with Crippen LogP contribution in [0.1, 0.15) is 45.4 Å². The minimum Gasteiger partial charge on any atom is -0.354 e. The summed E-state index contributed by atoms with van der Waals surface area (Å²) in [6.07, 6.45) is 9.64. The molecule has 0 spiro atoms. The number of allylic oxidation sites excluding steroid dienone is 1. The van der Waals surface area contributed by atoms with Crippen molar-refractivity contribution in [3.05, 3.63) is 11.6 Å². The van der Waals surface area contributed by atoms with Gasteiger partial charge in [0.05, 0.1) is 6.04 Å². The molecule has 1 unspecified atom stereocenters. The molecule has 0 aromatic carbocycles. The SMILES string of the molecule is CCCNC(C1=CCCCCC1)C(OC)OC. The molecule has 100 valence electrons. The van der Waals surface area contributed by atoms with Gasteiger partial charge in [0.25, 0.3) is 0 Å². The summed E-state index contributed by atoms with van der Waals surface area (Å²) >= 11 is 0. The molecule has 1 aliphatic carbocycles. The summed E-state index contributed by atoms with van der Waals surface area (Å²) in [4.78, 5) is 0. The van der Waals surface area contributed by atoms with E-state index in [-0.39, 0.29) is 12.3 Å². The molecule has 0 aromatic rings. The predicted octanol–water partition coefficient (Wildman–Crippen LogP) is 2.86. The Kier molecular flexibility index (Phi) is 7.49. The molecular weight excluding hydrogens is 214 g/mol. The largest absolute Gasteiger partial charge is 0.354 e. The van der Waals surface area contributed by atoms with E-state index in [1.165, 1.54) is 37.7 Å². The van der Waals surface area contributed by atoms with E-state index in [1.54, 1.807) is 14.2 Å². The van der Waals surface area contributed by atoms with Gasteiger partial charge < -0.3 is 14.8 Å². The first kappa shape index (κ1) is 14.7. The number of ether oxygens (including phenoxy) is 2. The van der Waals surface area contributed by atoms with Crippen molar-refractivity contribution in [2.24, 2.45) is 0 Å². The lowest BCUT2D eigenvalue weighted by Crippen LogP contribution is -2.43. The van der Waals surface area contributed by atoms with Crippen LogP contribution in [-0.4, -0.2) is 33.1 Å². The Morgan fingerprint density at radius 1 is 1.24 bits per heavy atom. The van der Waals surface area contributed by atoms with Crippen molar-refractivity contribution in [3.63, 3.8) is 0 Å². The third-order valence-corrected chi connectivity index (χ3v) is 3.33. The fourth-order valence-corrected chi connectivity index (χ4v) is 2.39. The highest BCUT2D eigenvalue weighted by atomic mass is 16.7. The molecule has 1 N–H and O–H groups in total. The summed E-state index contributed by atoms with van der Waals surface area (Å²) in [6.45, 7) is 3.19. The van der Waals surface area contributed by atoms with E-state index in [9.17, 15) is 0 Å². The normalized spacial score (nSPS) is 18.9. The first-order valence-electron chi connectivity index (χ1n) is 6.81. The molecule has 0 aliphatic heterocycles. The summed E-state index contributed by atoms with van der Waals surface area (Å²) in [5, 5.41) is 3.55. The summed E-state index contributed by atoms with van der Waals surface area (Å²) in [5.74, 6) is 0. The number of hydrogen-bond donors (Lipinski definition) is 1. The Morgan fingerprint density at radius 3 is 2.65 bits per heavy atom. The summed E-state index contributed by atoms with van der Waals surface area (Å²) in [7, 11) is 3.43. The molecule has 17 heavy (non-hydrogen) atoms. The zero-order valence-corrected chi connectivity index (χ0v) is 11.5. The molecule has 1 rings (SSSR count). The number of rotatable bonds is 7. The van der Waals surface area contributed by atoms with Crippen LogP contribution in [0.2, 0.25) is 0 Å². The molecule has 1 aliphatic rings. The Morgan fingerprint density at radius 2 is 2.00 bits per heavy atom. The van der Waals surface area contributed by atoms with Gasteiger partial charge in [-0.3, -0.25) is 0 Å². The highest BCUT2D eigenvalue weighted by Gasteiger charge is 2.24. The average molecular weight is 241 g/mol. The molecule has 1 atom stereocenters. The molecule has 0 saturated carbocycles. The maximum absolute atomic E-state index is 5.43. The van der Waals surface area contributed by atoms with Gasteiger partial charge in [-0.05, 0) is 38.6 Å². The van der Waals surface area contributed by atoms with Gasteiger partial charge in [-0.15, -0.1) is 0 Å². The lowest BCUT2D eigenvalue weighted by molar-refractivity contribution is -0.116. The summed E-state index contributed by atoms with van der Waals surface area (Å²) in [6, 6.07) is 0.211. The van der Waals surface area contributed by atoms with Crippen LogP contribution in [0.15, 0.2) is 11.6 Å². The molecule has 0 heterocycles. The minimum absolute atomic E-state index is 0.175. The molecular formula is C14H27NO2. The van der Waals surface area contributed by atoms with Crippen LogP contribution in [-0.2, 0) is 9.47 Å². The summed E-state index contributed by atoms with van der Waals surface area (Å²) < 4.78 is 10.9. The van der Waals surface area contributed by atoms with E-state index in [0.29, 0.717) is 0 Å². The smallest absolute Gasteiger partial charge is 0.175 e. The number of nitrogens with one attached hydrogen (secondary N) is 1. The van der Waals surface area contributed by atoms with E-state index >= 15 is 0 Å². The first-order valence-corrected chi connectivity index (χ1v) is 6.81. The number of methoxy groups -OCH3 is 2. The lowest BCUT2D eigenvalue weighted by atomic mass is 10.0. The Bertz CT molecular complexity index is 224. The molecule has 0 fully saturated rings. The van der Waals surface area contributed by atoms with E-state index in [2.05, 4.69) is 18.3 Å². The number of hydrogen-bond acceptors (Lipinski definition) is 3. The first-order chi connectivity index (χ1) is 8.33. The fraction of sp³-hybridized carbons (Fsp3) is 0.857. The highest BCUT2D eigenvalue weighted by Crippen LogP contribution is 2.22. The molecule has 0 saturated heterocycles. The highest BCUT2D eigenvalue weighted by molar-refractivity contribution is 5.13. The van der Waals surface area contributed by atoms with Crippen LogP contribution >= 0.6 is 0 Å². The van der Waals surface area contributed by atoms with Crippen LogP contribution in [0, 0.1) is 0 Å². The maximum atomic E-state index is 5.43. The van der Waals surface area contributed by atoms with E-state index in [4.69, 9.17) is 9.47 Å². The van der Waals surface area contributed by atoms with Gasteiger partial charge >= 0.3 is 0 Å². The second-order valence-electron chi connectivity index (χ2n) is 4.65. The molecule has 0 amide bonds. The van der Waals surface area contributed by atoms with Crippen LogP contribution < -0.4 is 5.32 Å². The van der Waals surface area contributed by atoms with Gasteiger partial charge in [-0.2, -0.15) is 0 Å². The zero-order chi connectivity index (χ0) is 12.5. The second-order valence-corrected chi connectivity index (χ2v) is 4.65. The molecule has 0 aromatic heterocycles. The van der Waals surface area contributed by atoms with Crippen molar-refractivity contribution >= 4 is 0 Å². The second kappa shape index (κ2) is 8.67. The third-order valence-electron chi connectivity index (χ3n) is 3.33. The van der Waals surface area contributed by atoms with Crippen molar-refractivity contribution < 1.29 is 9.47 Å². The van der Waals surface area contributed by atoms with Crippen LogP contribution in [0.5, 0.6) is 0 Å². The van der Waals surface area contributed by atoms with Crippen molar-refractivity contribution in [1.82, 2.24) is 5.32 Å². The monoisotopic (exact) mass is 241 g/mol. The Labute approximate surface area is 106 Å².